The third-order valence-electron chi connectivity index (χ3n) is 0.605. The average Bonchev–Trinajstić information content (AvgIpc) is 1.57. The van der Waals surface area contributed by atoms with E-state index in [1.165, 1.54) is 0 Å². The summed E-state index contributed by atoms with van der Waals surface area (Å²) in [6.07, 6.45) is 0. The zero-order valence-corrected chi connectivity index (χ0v) is 6.34. The van der Waals surface area contributed by atoms with Crippen LogP contribution >= 0.6 is 0 Å². The van der Waals surface area contributed by atoms with Gasteiger partial charge in [0, 0.05) is 5.41 Å². The van der Waals surface area contributed by atoms with Crippen LogP contribution in [0.25, 0.3) is 0 Å². The van der Waals surface area contributed by atoms with E-state index in [2.05, 4.69) is 5.92 Å². The summed E-state index contributed by atoms with van der Waals surface area (Å²) in [4.78, 5) is 0. The summed E-state index contributed by atoms with van der Waals surface area (Å²) in [7, 11) is 0. The molecule has 0 aliphatic rings. The van der Waals surface area contributed by atoms with Crippen LogP contribution < -0.4 is 0 Å². The molecule has 0 atom stereocenters. The molecule has 0 aromatic heterocycles. The molecular formula is C7H12O3. The van der Waals surface area contributed by atoms with Crippen molar-refractivity contribution >= 4 is 0 Å². The van der Waals surface area contributed by atoms with Crippen LogP contribution in [0.2, 0.25) is 0 Å². The molecular weight excluding hydrogens is 132 g/mol. The summed E-state index contributed by atoms with van der Waals surface area (Å²) < 4.78 is 0. The Bertz CT molecular complexity index is 142. The molecule has 0 bridgehead atoms. The molecule has 0 aromatic rings. The Kier molecular flexibility index (Phi) is 2.44. The number of hydrogen-bond donors (Lipinski definition) is 3. The molecule has 0 spiro atoms. The van der Waals surface area contributed by atoms with Crippen LogP contribution in [0.15, 0.2) is 0 Å². The number of rotatable bonds is 0. The fourth-order valence-electron chi connectivity index (χ4n) is 0.271. The largest absolute Gasteiger partial charge is 0.345 e. The first-order valence-corrected chi connectivity index (χ1v) is 2.92. The monoisotopic (exact) mass is 144 g/mol. The zero-order valence-electron chi connectivity index (χ0n) is 6.34. The first kappa shape index (κ1) is 9.44. The van der Waals surface area contributed by atoms with Gasteiger partial charge in [-0.2, -0.15) is 0 Å². The quantitative estimate of drug-likeness (QED) is 0.322. The van der Waals surface area contributed by atoms with E-state index in [0.29, 0.717) is 0 Å². The lowest BCUT2D eigenvalue weighted by molar-refractivity contribution is -0.265. The van der Waals surface area contributed by atoms with Crippen LogP contribution in [0.1, 0.15) is 20.8 Å². The lowest BCUT2D eigenvalue weighted by Gasteiger charge is -2.09. The van der Waals surface area contributed by atoms with Crippen molar-refractivity contribution in [1.82, 2.24) is 0 Å². The zero-order chi connectivity index (χ0) is 8.41. The molecule has 0 rings (SSSR count). The van der Waals surface area contributed by atoms with Gasteiger partial charge in [-0.05, 0) is 26.7 Å². The molecule has 10 heavy (non-hydrogen) atoms. The summed E-state index contributed by atoms with van der Waals surface area (Å²) in [6, 6.07) is 0. The third kappa shape index (κ3) is 7.44. The highest BCUT2D eigenvalue weighted by Crippen LogP contribution is 2.10. The van der Waals surface area contributed by atoms with E-state index >= 15 is 0 Å². The molecule has 0 radical (unpaired) electrons. The van der Waals surface area contributed by atoms with E-state index in [1.807, 2.05) is 5.92 Å². The normalized spacial score (nSPS) is 12.2. The fourth-order valence-corrected chi connectivity index (χ4v) is 0.271. The highest BCUT2D eigenvalue weighted by Gasteiger charge is 2.14. The number of aliphatic hydroxyl groups is 3. The molecule has 3 N–H and O–H groups in total. The molecule has 0 aromatic carbocycles. The van der Waals surface area contributed by atoms with Gasteiger partial charge < -0.3 is 15.3 Å². The molecule has 0 saturated heterocycles. The first-order valence-electron chi connectivity index (χ1n) is 2.92. The van der Waals surface area contributed by atoms with Crippen LogP contribution in [0, 0.1) is 17.3 Å². The van der Waals surface area contributed by atoms with Crippen LogP contribution in [-0.2, 0) is 0 Å². The SMILES string of the molecule is CC(C)(C)C#CC(O)(O)O. The molecule has 3 nitrogen and oxygen atoms in total. The third-order valence-corrected chi connectivity index (χ3v) is 0.605. The van der Waals surface area contributed by atoms with Crippen molar-refractivity contribution in [2.45, 2.75) is 26.7 Å². The number of hydrogen-bond acceptors (Lipinski definition) is 3. The summed E-state index contributed by atoms with van der Waals surface area (Å²) in [5, 5.41) is 25.0. The van der Waals surface area contributed by atoms with Gasteiger partial charge in [-0.25, -0.2) is 0 Å². The minimum Gasteiger partial charge on any atom is -0.333 e. The van der Waals surface area contributed by atoms with Crippen molar-refractivity contribution in [3.63, 3.8) is 0 Å². The van der Waals surface area contributed by atoms with E-state index < -0.39 is 5.97 Å². The van der Waals surface area contributed by atoms with E-state index in [4.69, 9.17) is 15.3 Å². The maximum atomic E-state index is 8.32. The highest BCUT2D eigenvalue weighted by atomic mass is 16.7. The second-order valence-corrected chi connectivity index (χ2v) is 3.14. The first-order chi connectivity index (χ1) is 4.21. The predicted octanol–water partition coefficient (Wildman–Crippen LogP) is -0.333. The fraction of sp³-hybridized carbons (Fsp3) is 0.714. The van der Waals surface area contributed by atoms with Gasteiger partial charge in [-0.3, -0.25) is 0 Å². The van der Waals surface area contributed by atoms with Crippen LogP contribution in [0.3, 0.4) is 0 Å². The second kappa shape index (κ2) is 2.59. The maximum Gasteiger partial charge on any atom is 0.345 e. The summed E-state index contributed by atoms with van der Waals surface area (Å²) in [6.45, 7) is 5.39. The molecule has 0 heterocycles. The minimum absolute atomic E-state index is 0.334. The molecule has 0 amide bonds. The van der Waals surface area contributed by atoms with Crippen molar-refractivity contribution < 1.29 is 15.3 Å². The molecule has 0 fully saturated rings. The van der Waals surface area contributed by atoms with Crippen molar-refractivity contribution in [2.24, 2.45) is 5.41 Å². The van der Waals surface area contributed by atoms with Crippen LogP contribution in [0.4, 0.5) is 0 Å². The standard InChI is InChI=1S/C7H12O3/c1-6(2,3)4-5-7(8,9)10/h8-10H,1-3H3. The van der Waals surface area contributed by atoms with Crippen molar-refractivity contribution in [3.8, 4) is 11.8 Å². The predicted molar refractivity (Wildman–Crippen MR) is 36.6 cm³/mol. The average molecular weight is 144 g/mol. The Hall–Kier alpha value is -0.560. The van der Waals surface area contributed by atoms with Crippen molar-refractivity contribution in [3.05, 3.63) is 0 Å². The Morgan fingerprint density at radius 3 is 1.40 bits per heavy atom. The summed E-state index contributed by atoms with van der Waals surface area (Å²) >= 11 is 0. The molecule has 0 saturated carbocycles. The lowest BCUT2D eigenvalue weighted by Crippen LogP contribution is -2.24. The minimum atomic E-state index is -2.85. The van der Waals surface area contributed by atoms with Gasteiger partial charge in [-0.1, -0.05) is 5.92 Å². The smallest absolute Gasteiger partial charge is 0.333 e. The van der Waals surface area contributed by atoms with Gasteiger partial charge in [-0.15, -0.1) is 0 Å². The second-order valence-electron chi connectivity index (χ2n) is 3.14. The molecule has 0 aliphatic heterocycles. The highest BCUT2D eigenvalue weighted by molar-refractivity contribution is 5.10. The van der Waals surface area contributed by atoms with Gasteiger partial charge in [0.15, 0.2) is 0 Å². The van der Waals surface area contributed by atoms with Gasteiger partial charge in [0.25, 0.3) is 0 Å². The molecule has 0 aliphatic carbocycles. The van der Waals surface area contributed by atoms with E-state index in [9.17, 15) is 0 Å². The molecule has 0 unspecified atom stereocenters. The van der Waals surface area contributed by atoms with Crippen LogP contribution in [0.5, 0.6) is 0 Å². The van der Waals surface area contributed by atoms with Gasteiger partial charge >= 0.3 is 5.97 Å². The molecule has 3 heteroatoms. The van der Waals surface area contributed by atoms with Crippen molar-refractivity contribution in [2.75, 3.05) is 0 Å². The van der Waals surface area contributed by atoms with E-state index in [-0.39, 0.29) is 5.41 Å². The van der Waals surface area contributed by atoms with E-state index in [1.54, 1.807) is 20.8 Å². The topological polar surface area (TPSA) is 60.7 Å². The molecule has 58 valence electrons. The van der Waals surface area contributed by atoms with Crippen LogP contribution in [-0.4, -0.2) is 21.3 Å². The van der Waals surface area contributed by atoms with Gasteiger partial charge in [0.2, 0.25) is 0 Å². The summed E-state index contributed by atoms with van der Waals surface area (Å²) in [5.41, 5.74) is -0.334. The Labute approximate surface area is 60.3 Å². The van der Waals surface area contributed by atoms with Crippen molar-refractivity contribution in [1.29, 1.82) is 0 Å². The Balaban J connectivity index is 4.19. The van der Waals surface area contributed by atoms with Gasteiger partial charge in [0.05, 0.1) is 0 Å². The summed E-state index contributed by atoms with van der Waals surface area (Å²) in [5.74, 6) is 1.49. The van der Waals surface area contributed by atoms with Gasteiger partial charge in [0.1, 0.15) is 0 Å². The Morgan fingerprint density at radius 2 is 1.30 bits per heavy atom. The van der Waals surface area contributed by atoms with E-state index in [0.717, 1.165) is 0 Å². The maximum absolute atomic E-state index is 8.32. The Morgan fingerprint density at radius 1 is 0.900 bits per heavy atom. The lowest BCUT2D eigenvalue weighted by atomic mass is 9.98.